The lowest BCUT2D eigenvalue weighted by Crippen LogP contribution is -2.36. The molecule has 0 aliphatic carbocycles. The van der Waals surface area contributed by atoms with E-state index in [1.165, 1.54) is 5.56 Å². The molecule has 1 aliphatic heterocycles. The summed E-state index contributed by atoms with van der Waals surface area (Å²) >= 11 is 0. The Balaban J connectivity index is 1.82. The maximum Gasteiger partial charge on any atom is 0.137 e. The number of nitrogens with zero attached hydrogens (tertiary/aromatic N) is 4. The highest BCUT2D eigenvalue weighted by Gasteiger charge is 2.18. The monoisotopic (exact) mass is 336 g/mol. The number of hydrogen-bond acceptors (Lipinski definition) is 5. The third-order valence-corrected chi connectivity index (χ3v) is 4.67. The largest absolute Gasteiger partial charge is 0.378 e. The van der Waals surface area contributed by atoms with Crippen molar-refractivity contribution in [1.29, 1.82) is 0 Å². The Bertz CT molecular complexity index is 899. The summed E-state index contributed by atoms with van der Waals surface area (Å²) < 4.78 is 7.57. The van der Waals surface area contributed by atoms with E-state index in [-0.39, 0.29) is 0 Å². The summed E-state index contributed by atoms with van der Waals surface area (Å²) in [6, 6.07) is 14.2. The van der Waals surface area contributed by atoms with Crippen LogP contribution in [-0.4, -0.2) is 35.9 Å². The van der Waals surface area contributed by atoms with E-state index in [9.17, 15) is 4.91 Å². The third-order valence-electron chi connectivity index (χ3n) is 4.67. The smallest absolute Gasteiger partial charge is 0.137 e. The fourth-order valence-electron chi connectivity index (χ4n) is 3.35. The van der Waals surface area contributed by atoms with Crippen LogP contribution in [0, 0.1) is 11.8 Å². The molecule has 1 aromatic heterocycles. The molecule has 6 heteroatoms. The summed E-state index contributed by atoms with van der Waals surface area (Å²) in [6.45, 7) is 5.71. The highest BCUT2D eigenvalue weighted by molar-refractivity contribution is 5.91. The quantitative estimate of drug-likeness (QED) is 0.683. The minimum Gasteiger partial charge on any atom is -0.378 e. The second-order valence-corrected chi connectivity index (χ2v) is 6.25. The molecule has 2 heterocycles. The van der Waals surface area contributed by atoms with Crippen LogP contribution in [0.25, 0.3) is 11.0 Å². The lowest BCUT2D eigenvalue weighted by Gasteiger charge is -2.29. The van der Waals surface area contributed by atoms with Crippen LogP contribution in [0.3, 0.4) is 0 Å². The van der Waals surface area contributed by atoms with Gasteiger partial charge in [-0.15, -0.1) is 4.91 Å². The van der Waals surface area contributed by atoms with Crippen molar-refractivity contribution in [3.05, 3.63) is 58.8 Å². The SMILES string of the molecule is Cc1nc2c(N=O)cc(N3CCOCC3)cc2n1Cc1ccccc1. The molecule has 0 saturated carbocycles. The number of hydrogen-bond donors (Lipinski definition) is 0. The molecule has 0 unspecified atom stereocenters. The molecule has 0 spiro atoms. The maximum absolute atomic E-state index is 11.4. The van der Waals surface area contributed by atoms with E-state index in [0.717, 1.165) is 30.1 Å². The average molecular weight is 336 g/mol. The second-order valence-electron chi connectivity index (χ2n) is 6.25. The lowest BCUT2D eigenvalue weighted by molar-refractivity contribution is 0.122. The number of rotatable bonds is 4. The standard InChI is InChI=1S/C19H20N4O2/c1-14-20-19-17(21-24)11-16(22-7-9-25-10-8-22)12-18(19)23(14)13-15-5-3-2-4-6-15/h2-6,11-12H,7-10,13H2,1H3. The first-order valence-corrected chi connectivity index (χ1v) is 8.47. The van der Waals surface area contributed by atoms with Crippen molar-refractivity contribution < 1.29 is 4.74 Å². The van der Waals surface area contributed by atoms with E-state index >= 15 is 0 Å². The zero-order chi connectivity index (χ0) is 17.2. The van der Waals surface area contributed by atoms with Crippen LogP contribution in [0.5, 0.6) is 0 Å². The van der Waals surface area contributed by atoms with Crippen LogP contribution in [-0.2, 0) is 11.3 Å². The molecule has 0 amide bonds. The van der Waals surface area contributed by atoms with E-state index in [4.69, 9.17) is 4.74 Å². The van der Waals surface area contributed by atoms with E-state index in [1.807, 2.05) is 31.2 Å². The van der Waals surface area contributed by atoms with Crippen LogP contribution < -0.4 is 4.90 Å². The van der Waals surface area contributed by atoms with Gasteiger partial charge < -0.3 is 14.2 Å². The fourth-order valence-corrected chi connectivity index (χ4v) is 3.35. The summed E-state index contributed by atoms with van der Waals surface area (Å²) in [5, 5.41) is 3.23. The van der Waals surface area contributed by atoms with Gasteiger partial charge in [0.05, 0.1) is 18.7 Å². The Morgan fingerprint density at radius 1 is 1.16 bits per heavy atom. The first-order chi connectivity index (χ1) is 12.3. The van der Waals surface area contributed by atoms with E-state index in [1.54, 1.807) is 0 Å². The van der Waals surface area contributed by atoms with Gasteiger partial charge in [0.1, 0.15) is 17.0 Å². The first-order valence-electron chi connectivity index (χ1n) is 8.47. The number of ether oxygens (including phenoxy) is 1. The number of aryl methyl sites for hydroxylation is 1. The van der Waals surface area contributed by atoms with Gasteiger partial charge in [-0.3, -0.25) is 0 Å². The maximum atomic E-state index is 11.4. The number of fused-ring (bicyclic) bond motifs is 1. The third kappa shape index (κ3) is 3.00. The van der Waals surface area contributed by atoms with Gasteiger partial charge in [-0.05, 0) is 29.8 Å². The molecular weight excluding hydrogens is 316 g/mol. The van der Waals surface area contributed by atoms with E-state index in [0.29, 0.717) is 31.0 Å². The Morgan fingerprint density at radius 2 is 1.92 bits per heavy atom. The van der Waals surface area contributed by atoms with Gasteiger partial charge in [0.15, 0.2) is 0 Å². The van der Waals surface area contributed by atoms with Crippen molar-refractivity contribution in [2.75, 3.05) is 31.2 Å². The molecule has 4 rings (SSSR count). The van der Waals surface area contributed by atoms with E-state index < -0.39 is 0 Å². The number of imidazole rings is 1. The van der Waals surface area contributed by atoms with Crippen molar-refractivity contribution in [1.82, 2.24) is 9.55 Å². The van der Waals surface area contributed by atoms with Crippen molar-refractivity contribution in [3.63, 3.8) is 0 Å². The fraction of sp³-hybridized carbons (Fsp3) is 0.316. The van der Waals surface area contributed by atoms with Gasteiger partial charge in [0.25, 0.3) is 0 Å². The summed E-state index contributed by atoms with van der Waals surface area (Å²) in [4.78, 5) is 18.2. The van der Waals surface area contributed by atoms with Crippen LogP contribution in [0.2, 0.25) is 0 Å². The molecular formula is C19H20N4O2. The van der Waals surface area contributed by atoms with Crippen LogP contribution in [0.4, 0.5) is 11.4 Å². The van der Waals surface area contributed by atoms with Crippen LogP contribution in [0.1, 0.15) is 11.4 Å². The Morgan fingerprint density at radius 3 is 2.64 bits per heavy atom. The van der Waals surface area contributed by atoms with Gasteiger partial charge >= 0.3 is 0 Å². The average Bonchev–Trinajstić information content (AvgIpc) is 2.98. The Hall–Kier alpha value is -2.73. The zero-order valence-electron chi connectivity index (χ0n) is 14.2. The molecule has 1 saturated heterocycles. The van der Waals surface area contributed by atoms with Crippen molar-refractivity contribution in [3.8, 4) is 0 Å². The Kier molecular flexibility index (Phi) is 4.19. The summed E-state index contributed by atoms with van der Waals surface area (Å²) in [5.41, 5.74) is 4.20. The van der Waals surface area contributed by atoms with Crippen molar-refractivity contribution in [2.24, 2.45) is 5.18 Å². The number of morpholine rings is 1. The molecule has 6 nitrogen and oxygen atoms in total. The number of anilines is 1. The zero-order valence-corrected chi connectivity index (χ0v) is 14.2. The summed E-state index contributed by atoms with van der Waals surface area (Å²) in [5.74, 6) is 0.878. The molecule has 0 bridgehead atoms. The molecule has 0 N–H and O–H groups in total. The molecule has 1 fully saturated rings. The topological polar surface area (TPSA) is 59.7 Å². The molecule has 3 aromatic rings. The van der Waals surface area contributed by atoms with Gasteiger partial charge in [0.2, 0.25) is 0 Å². The molecule has 25 heavy (non-hydrogen) atoms. The molecule has 0 radical (unpaired) electrons. The predicted octanol–water partition coefficient (Wildman–Crippen LogP) is 3.63. The van der Waals surface area contributed by atoms with Crippen LogP contribution in [0.15, 0.2) is 47.6 Å². The summed E-state index contributed by atoms with van der Waals surface area (Å²) in [7, 11) is 0. The molecule has 1 aliphatic rings. The Labute approximate surface area is 146 Å². The highest BCUT2D eigenvalue weighted by Crippen LogP contribution is 2.33. The predicted molar refractivity (Wildman–Crippen MR) is 98.5 cm³/mol. The van der Waals surface area contributed by atoms with Crippen molar-refractivity contribution in [2.45, 2.75) is 13.5 Å². The van der Waals surface area contributed by atoms with Gasteiger partial charge in [-0.2, -0.15) is 0 Å². The minimum atomic E-state index is 0.397. The summed E-state index contributed by atoms with van der Waals surface area (Å²) in [6.07, 6.45) is 0. The van der Waals surface area contributed by atoms with Gasteiger partial charge in [-0.1, -0.05) is 30.3 Å². The number of aromatic nitrogens is 2. The first kappa shape index (κ1) is 15.8. The van der Waals surface area contributed by atoms with Gasteiger partial charge in [0, 0.05) is 25.3 Å². The molecule has 2 aromatic carbocycles. The minimum absolute atomic E-state index is 0.397. The number of benzene rings is 2. The van der Waals surface area contributed by atoms with Gasteiger partial charge in [-0.25, -0.2) is 4.98 Å². The number of nitroso groups, excluding NO2 is 1. The van der Waals surface area contributed by atoms with Crippen LogP contribution >= 0.6 is 0 Å². The normalized spacial score (nSPS) is 14.8. The van der Waals surface area contributed by atoms with E-state index in [2.05, 4.69) is 37.8 Å². The molecule has 0 atom stereocenters. The lowest BCUT2D eigenvalue weighted by atomic mass is 10.2. The highest BCUT2D eigenvalue weighted by atomic mass is 16.5. The molecule has 128 valence electrons. The second kappa shape index (κ2) is 6.64. The van der Waals surface area contributed by atoms with Crippen molar-refractivity contribution >= 4 is 22.4 Å².